The molecule has 2 aliphatic carbocycles. The van der Waals surface area contributed by atoms with E-state index in [1.165, 1.54) is 42.7 Å². The molecule has 40 heavy (non-hydrogen) atoms. The fourth-order valence-electron chi connectivity index (χ4n) is 6.42. The zero-order valence-corrected chi connectivity index (χ0v) is 23.5. The SMILES string of the molecule is COC(=O)[C@H](Cc1ccccc1)NC(=O)C1=CCC([C@H]2CCC[C@H](N[C@H](C)c3cccc4ccccc34)C2)C=C1. The number of rotatable bonds is 9. The molecule has 1 saturated carbocycles. The maximum absolute atomic E-state index is 13.1. The van der Waals surface area contributed by atoms with Crippen LogP contribution in [0.1, 0.15) is 56.2 Å². The van der Waals surface area contributed by atoms with Gasteiger partial charge in [0.25, 0.3) is 5.91 Å². The number of esters is 1. The average molecular weight is 537 g/mol. The summed E-state index contributed by atoms with van der Waals surface area (Å²) in [6, 6.07) is 24.9. The van der Waals surface area contributed by atoms with E-state index in [1.807, 2.05) is 42.5 Å². The van der Waals surface area contributed by atoms with Gasteiger partial charge in [-0.1, -0.05) is 97.4 Å². The van der Waals surface area contributed by atoms with Crippen LogP contribution in [0.15, 0.2) is 96.6 Å². The first kappa shape index (κ1) is 27.9. The summed E-state index contributed by atoms with van der Waals surface area (Å²) in [6.07, 6.45) is 12.2. The lowest BCUT2D eigenvalue weighted by atomic mass is 9.74. The van der Waals surface area contributed by atoms with Crippen LogP contribution in [0, 0.1) is 11.8 Å². The fraction of sp³-hybridized carbons (Fsp3) is 0.371. The summed E-state index contributed by atoms with van der Waals surface area (Å²) in [5.74, 6) is 0.348. The Bertz CT molecular complexity index is 1370. The Morgan fingerprint density at radius 3 is 2.52 bits per heavy atom. The van der Waals surface area contributed by atoms with E-state index in [0.717, 1.165) is 18.4 Å². The molecule has 5 heteroatoms. The van der Waals surface area contributed by atoms with Crippen LogP contribution in [0.5, 0.6) is 0 Å². The minimum atomic E-state index is -0.721. The van der Waals surface area contributed by atoms with Crippen LogP contribution in [-0.4, -0.2) is 31.1 Å². The van der Waals surface area contributed by atoms with Crippen LogP contribution in [0.2, 0.25) is 0 Å². The molecular weight excluding hydrogens is 496 g/mol. The van der Waals surface area contributed by atoms with Crippen molar-refractivity contribution in [1.29, 1.82) is 0 Å². The molecule has 0 heterocycles. The molecule has 0 radical (unpaired) electrons. The van der Waals surface area contributed by atoms with Crippen LogP contribution in [-0.2, 0) is 20.7 Å². The van der Waals surface area contributed by atoms with E-state index < -0.39 is 12.0 Å². The number of fused-ring (bicyclic) bond motifs is 1. The first-order valence-electron chi connectivity index (χ1n) is 14.6. The summed E-state index contributed by atoms with van der Waals surface area (Å²) >= 11 is 0. The molecule has 3 aromatic rings. The van der Waals surface area contributed by atoms with Crippen molar-refractivity contribution in [1.82, 2.24) is 10.6 Å². The van der Waals surface area contributed by atoms with E-state index in [0.29, 0.717) is 29.9 Å². The molecule has 5 atom stereocenters. The Morgan fingerprint density at radius 1 is 0.975 bits per heavy atom. The summed E-state index contributed by atoms with van der Waals surface area (Å²) in [5, 5.41) is 9.43. The number of allylic oxidation sites excluding steroid dienone is 2. The maximum atomic E-state index is 13.1. The van der Waals surface area contributed by atoms with Gasteiger partial charge in [-0.25, -0.2) is 4.79 Å². The number of methoxy groups -OCH3 is 1. The van der Waals surface area contributed by atoms with Crippen molar-refractivity contribution >= 4 is 22.6 Å². The van der Waals surface area contributed by atoms with Gasteiger partial charge in [0.1, 0.15) is 6.04 Å². The zero-order chi connectivity index (χ0) is 27.9. The summed E-state index contributed by atoms with van der Waals surface area (Å²) in [5.41, 5.74) is 2.95. The Kier molecular flexibility index (Phi) is 9.12. The number of amides is 1. The van der Waals surface area contributed by atoms with Crippen LogP contribution in [0.4, 0.5) is 0 Å². The van der Waals surface area contributed by atoms with E-state index in [4.69, 9.17) is 4.74 Å². The Labute approximate surface area is 237 Å². The molecule has 0 spiro atoms. The highest BCUT2D eigenvalue weighted by Crippen LogP contribution is 2.36. The predicted molar refractivity (Wildman–Crippen MR) is 161 cm³/mol. The normalized spacial score (nSPS) is 22.2. The van der Waals surface area contributed by atoms with Crippen molar-refractivity contribution in [3.63, 3.8) is 0 Å². The lowest BCUT2D eigenvalue weighted by Crippen LogP contribution is -2.43. The van der Waals surface area contributed by atoms with Crippen molar-refractivity contribution in [3.05, 3.63) is 108 Å². The highest BCUT2D eigenvalue weighted by Gasteiger charge is 2.30. The fourth-order valence-corrected chi connectivity index (χ4v) is 6.42. The number of nitrogens with one attached hydrogen (secondary N) is 2. The highest BCUT2D eigenvalue weighted by molar-refractivity contribution is 5.98. The molecule has 1 fully saturated rings. The number of benzene rings is 3. The van der Waals surface area contributed by atoms with E-state index in [9.17, 15) is 9.59 Å². The molecule has 0 aromatic heterocycles. The molecule has 2 aliphatic rings. The Hall–Kier alpha value is -3.70. The van der Waals surface area contributed by atoms with Crippen molar-refractivity contribution in [2.45, 2.75) is 63.6 Å². The number of carbonyl (C=O) groups is 2. The van der Waals surface area contributed by atoms with E-state index >= 15 is 0 Å². The van der Waals surface area contributed by atoms with Crippen molar-refractivity contribution in [2.75, 3.05) is 7.11 Å². The predicted octanol–water partition coefficient (Wildman–Crippen LogP) is 6.45. The second kappa shape index (κ2) is 13.1. The Morgan fingerprint density at radius 2 is 1.75 bits per heavy atom. The van der Waals surface area contributed by atoms with Gasteiger partial charge >= 0.3 is 5.97 Å². The summed E-state index contributed by atoms with van der Waals surface area (Å²) < 4.78 is 4.96. The second-order valence-corrected chi connectivity index (χ2v) is 11.2. The standard InChI is InChI=1S/C35H40N2O3/c1-24(31-17-9-13-27-12-6-7-16-32(27)31)36-30-15-8-14-29(23-30)26-18-20-28(21-19-26)34(38)37-33(35(39)40-2)22-25-10-4-3-5-11-25/h3-7,9-13,16-18,20-21,24,26,29-30,33,36H,8,14-15,19,22-23H2,1-2H3,(H,37,38)/t24-,26?,29+,30+,33+/m1/s1. The summed E-state index contributed by atoms with van der Waals surface area (Å²) in [7, 11) is 1.35. The monoisotopic (exact) mass is 536 g/mol. The van der Waals surface area contributed by atoms with Gasteiger partial charge < -0.3 is 15.4 Å². The molecule has 1 unspecified atom stereocenters. The minimum absolute atomic E-state index is 0.229. The third-order valence-corrected chi connectivity index (χ3v) is 8.56. The largest absolute Gasteiger partial charge is 0.467 e. The van der Waals surface area contributed by atoms with Crippen LogP contribution >= 0.6 is 0 Å². The molecular formula is C35H40N2O3. The summed E-state index contributed by atoms with van der Waals surface area (Å²) in [4.78, 5) is 25.4. The van der Waals surface area contributed by atoms with Crippen molar-refractivity contribution in [3.8, 4) is 0 Å². The van der Waals surface area contributed by atoms with Gasteiger partial charge in [-0.3, -0.25) is 4.79 Å². The molecule has 208 valence electrons. The molecule has 3 aromatic carbocycles. The quantitative estimate of drug-likeness (QED) is 0.308. The van der Waals surface area contributed by atoms with E-state index in [2.05, 4.69) is 66.1 Å². The van der Waals surface area contributed by atoms with Gasteiger partial charge in [-0.15, -0.1) is 0 Å². The third kappa shape index (κ3) is 6.71. The van der Waals surface area contributed by atoms with Crippen molar-refractivity contribution < 1.29 is 14.3 Å². The zero-order valence-electron chi connectivity index (χ0n) is 23.5. The van der Waals surface area contributed by atoms with E-state index in [-0.39, 0.29) is 11.9 Å². The molecule has 0 bridgehead atoms. The highest BCUT2D eigenvalue weighted by atomic mass is 16.5. The Balaban J connectivity index is 1.16. The van der Waals surface area contributed by atoms with Gasteiger partial charge in [-0.2, -0.15) is 0 Å². The van der Waals surface area contributed by atoms with E-state index in [1.54, 1.807) is 0 Å². The number of ether oxygens (including phenoxy) is 1. The van der Waals surface area contributed by atoms with Crippen LogP contribution in [0.3, 0.4) is 0 Å². The number of hydrogen-bond acceptors (Lipinski definition) is 4. The van der Waals surface area contributed by atoms with Gasteiger partial charge in [0.2, 0.25) is 0 Å². The third-order valence-electron chi connectivity index (χ3n) is 8.56. The molecule has 1 amide bonds. The van der Waals surface area contributed by atoms with Gasteiger partial charge in [0.15, 0.2) is 0 Å². The molecule has 5 rings (SSSR count). The first-order chi connectivity index (χ1) is 19.5. The molecule has 5 nitrogen and oxygen atoms in total. The van der Waals surface area contributed by atoms with Crippen molar-refractivity contribution in [2.24, 2.45) is 11.8 Å². The maximum Gasteiger partial charge on any atom is 0.328 e. The lowest BCUT2D eigenvalue weighted by molar-refractivity contribution is -0.144. The average Bonchev–Trinajstić information content (AvgIpc) is 3.00. The first-order valence-corrected chi connectivity index (χ1v) is 14.6. The molecule has 0 aliphatic heterocycles. The lowest BCUT2D eigenvalue weighted by Gasteiger charge is -2.36. The van der Waals surface area contributed by atoms with Crippen LogP contribution in [0.25, 0.3) is 10.8 Å². The smallest absolute Gasteiger partial charge is 0.328 e. The summed E-state index contributed by atoms with van der Waals surface area (Å²) in [6.45, 7) is 2.28. The van der Waals surface area contributed by atoms with Crippen LogP contribution < -0.4 is 10.6 Å². The number of hydrogen-bond donors (Lipinski definition) is 2. The second-order valence-electron chi connectivity index (χ2n) is 11.2. The molecule has 0 saturated heterocycles. The molecule has 2 N–H and O–H groups in total. The minimum Gasteiger partial charge on any atom is -0.467 e. The van der Waals surface area contributed by atoms with Gasteiger partial charge in [-0.05, 0) is 66.3 Å². The topological polar surface area (TPSA) is 67.4 Å². The van der Waals surface area contributed by atoms with Gasteiger partial charge in [0.05, 0.1) is 7.11 Å². The number of carbonyl (C=O) groups excluding carboxylic acids is 2. The van der Waals surface area contributed by atoms with Gasteiger partial charge in [0, 0.05) is 24.1 Å².